The standard InChI is InChI=1S/C12H19N3O/c1-4-6-15-7-5-13-10(11(15)16)14-9-8-12(9,2)3/h5,7,9H,4,6,8H2,1-3H3,(H,13,14). The average Bonchev–Trinajstić information content (AvgIpc) is 2.81. The van der Waals surface area contributed by atoms with E-state index in [0.29, 0.717) is 17.3 Å². The molecule has 1 fully saturated rings. The zero-order valence-electron chi connectivity index (χ0n) is 10.2. The number of aromatic nitrogens is 2. The van der Waals surface area contributed by atoms with Gasteiger partial charge in [-0.25, -0.2) is 4.98 Å². The summed E-state index contributed by atoms with van der Waals surface area (Å²) in [5, 5.41) is 3.23. The summed E-state index contributed by atoms with van der Waals surface area (Å²) >= 11 is 0. The maximum Gasteiger partial charge on any atom is 0.293 e. The Bertz CT molecular complexity index is 436. The first kappa shape index (κ1) is 11.2. The van der Waals surface area contributed by atoms with Gasteiger partial charge in [0.25, 0.3) is 5.56 Å². The van der Waals surface area contributed by atoms with Crippen LogP contribution in [-0.4, -0.2) is 15.6 Å². The van der Waals surface area contributed by atoms with Gasteiger partial charge in [0.1, 0.15) is 0 Å². The van der Waals surface area contributed by atoms with E-state index in [1.54, 1.807) is 17.0 Å². The molecule has 0 amide bonds. The Balaban J connectivity index is 2.16. The highest BCUT2D eigenvalue weighted by Gasteiger charge is 2.46. The number of rotatable bonds is 4. The Kier molecular flexibility index (Phi) is 2.74. The third-order valence-corrected chi connectivity index (χ3v) is 3.20. The molecular formula is C12H19N3O. The van der Waals surface area contributed by atoms with Crippen LogP contribution in [0.1, 0.15) is 33.6 Å². The monoisotopic (exact) mass is 221 g/mol. The summed E-state index contributed by atoms with van der Waals surface area (Å²) < 4.78 is 1.71. The molecule has 0 aromatic carbocycles. The van der Waals surface area contributed by atoms with Crippen LogP contribution in [0.3, 0.4) is 0 Å². The molecule has 1 aliphatic rings. The second kappa shape index (κ2) is 3.92. The molecular weight excluding hydrogens is 202 g/mol. The molecule has 1 heterocycles. The van der Waals surface area contributed by atoms with Crippen LogP contribution in [0.15, 0.2) is 17.2 Å². The van der Waals surface area contributed by atoms with Crippen molar-refractivity contribution in [2.24, 2.45) is 5.41 Å². The average molecular weight is 221 g/mol. The molecule has 1 N–H and O–H groups in total. The first-order chi connectivity index (χ1) is 7.54. The molecule has 0 aliphatic heterocycles. The second-order valence-corrected chi connectivity index (χ2v) is 5.16. The highest BCUT2D eigenvalue weighted by Crippen LogP contribution is 2.45. The first-order valence-electron chi connectivity index (χ1n) is 5.86. The highest BCUT2D eigenvalue weighted by atomic mass is 16.1. The Labute approximate surface area is 95.7 Å². The van der Waals surface area contributed by atoms with E-state index in [0.717, 1.165) is 19.4 Å². The molecule has 0 radical (unpaired) electrons. The second-order valence-electron chi connectivity index (χ2n) is 5.16. The Morgan fingerprint density at radius 2 is 2.31 bits per heavy atom. The minimum atomic E-state index is -0.00736. The summed E-state index contributed by atoms with van der Waals surface area (Å²) in [5.74, 6) is 0.492. The van der Waals surface area contributed by atoms with E-state index in [4.69, 9.17) is 0 Å². The number of hydrogen-bond acceptors (Lipinski definition) is 3. The van der Waals surface area contributed by atoms with Gasteiger partial charge in [0, 0.05) is 25.0 Å². The van der Waals surface area contributed by atoms with Gasteiger partial charge in [-0.05, 0) is 18.3 Å². The third kappa shape index (κ3) is 2.10. The minimum Gasteiger partial charge on any atom is -0.362 e. The molecule has 0 bridgehead atoms. The van der Waals surface area contributed by atoms with Crippen LogP contribution in [0.4, 0.5) is 5.82 Å². The summed E-state index contributed by atoms with van der Waals surface area (Å²) in [5.41, 5.74) is 0.298. The minimum absolute atomic E-state index is 0.00736. The van der Waals surface area contributed by atoms with Gasteiger partial charge in [0.05, 0.1) is 0 Å². The quantitative estimate of drug-likeness (QED) is 0.844. The normalized spacial score (nSPS) is 21.8. The number of nitrogens with one attached hydrogen (secondary N) is 1. The SMILES string of the molecule is CCCn1ccnc(NC2CC2(C)C)c1=O. The van der Waals surface area contributed by atoms with Crippen molar-refractivity contribution in [3.8, 4) is 0 Å². The molecule has 0 spiro atoms. The lowest BCUT2D eigenvalue weighted by Gasteiger charge is -2.09. The van der Waals surface area contributed by atoms with Crippen molar-refractivity contribution in [1.82, 2.24) is 9.55 Å². The van der Waals surface area contributed by atoms with Gasteiger partial charge in [-0.1, -0.05) is 20.8 Å². The van der Waals surface area contributed by atoms with Crippen LogP contribution in [0.25, 0.3) is 0 Å². The Morgan fingerprint density at radius 1 is 1.62 bits per heavy atom. The van der Waals surface area contributed by atoms with Crippen molar-refractivity contribution < 1.29 is 0 Å². The molecule has 1 unspecified atom stereocenters. The van der Waals surface area contributed by atoms with Crippen molar-refractivity contribution >= 4 is 5.82 Å². The lowest BCUT2D eigenvalue weighted by Crippen LogP contribution is -2.25. The van der Waals surface area contributed by atoms with Crippen LogP contribution >= 0.6 is 0 Å². The van der Waals surface area contributed by atoms with Crippen LogP contribution in [0.2, 0.25) is 0 Å². The van der Waals surface area contributed by atoms with E-state index >= 15 is 0 Å². The van der Waals surface area contributed by atoms with Gasteiger partial charge in [-0.3, -0.25) is 4.79 Å². The Morgan fingerprint density at radius 3 is 2.88 bits per heavy atom. The largest absolute Gasteiger partial charge is 0.362 e. The van der Waals surface area contributed by atoms with Gasteiger partial charge in [0.15, 0.2) is 5.82 Å². The lowest BCUT2D eigenvalue weighted by atomic mass is 10.2. The molecule has 4 nitrogen and oxygen atoms in total. The summed E-state index contributed by atoms with van der Waals surface area (Å²) in [6.07, 6.45) is 5.50. The van der Waals surface area contributed by atoms with Crippen LogP contribution in [-0.2, 0) is 6.54 Å². The maximum atomic E-state index is 12.0. The maximum absolute atomic E-state index is 12.0. The van der Waals surface area contributed by atoms with E-state index in [9.17, 15) is 4.79 Å². The predicted molar refractivity (Wildman–Crippen MR) is 64.6 cm³/mol. The summed E-state index contributed by atoms with van der Waals surface area (Å²) in [7, 11) is 0. The molecule has 1 aromatic rings. The molecule has 0 saturated heterocycles. The fourth-order valence-corrected chi connectivity index (χ4v) is 1.84. The molecule has 88 valence electrons. The third-order valence-electron chi connectivity index (χ3n) is 3.20. The molecule has 1 saturated carbocycles. The highest BCUT2D eigenvalue weighted by molar-refractivity contribution is 5.36. The molecule has 1 aromatic heterocycles. The molecule has 4 heteroatoms. The summed E-state index contributed by atoms with van der Waals surface area (Å²) in [6, 6.07) is 0.394. The van der Waals surface area contributed by atoms with E-state index in [1.165, 1.54) is 0 Å². The zero-order chi connectivity index (χ0) is 11.8. The summed E-state index contributed by atoms with van der Waals surface area (Å²) in [4.78, 5) is 16.1. The van der Waals surface area contributed by atoms with Gasteiger partial charge >= 0.3 is 0 Å². The molecule has 1 aliphatic carbocycles. The Hall–Kier alpha value is -1.32. The van der Waals surface area contributed by atoms with Gasteiger partial charge in [-0.2, -0.15) is 0 Å². The molecule has 1 atom stereocenters. The summed E-state index contributed by atoms with van der Waals surface area (Å²) in [6.45, 7) is 7.20. The smallest absolute Gasteiger partial charge is 0.293 e. The number of anilines is 1. The fourth-order valence-electron chi connectivity index (χ4n) is 1.84. The molecule has 2 rings (SSSR count). The number of hydrogen-bond donors (Lipinski definition) is 1. The van der Waals surface area contributed by atoms with Crippen LogP contribution < -0.4 is 10.9 Å². The van der Waals surface area contributed by atoms with Crippen molar-refractivity contribution in [2.45, 2.75) is 46.2 Å². The first-order valence-corrected chi connectivity index (χ1v) is 5.86. The number of nitrogens with zero attached hydrogens (tertiary/aromatic N) is 2. The lowest BCUT2D eigenvalue weighted by molar-refractivity contribution is 0.624. The van der Waals surface area contributed by atoms with Crippen molar-refractivity contribution in [2.75, 3.05) is 5.32 Å². The fraction of sp³-hybridized carbons (Fsp3) is 0.667. The predicted octanol–water partition coefficient (Wildman–Crippen LogP) is 1.86. The van der Waals surface area contributed by atoms with Crippen molar-refractivity contribution in [3.63, 3.8) is 0 Å². The van der Waals surface area contributed by atoms with E-state index in [1.807, 2.05) is 0 Å². The number of aryl methyl sites for hydroxylation is 1. The van der Waals surface area contributed by atoms with Crippen LogP contribution in [0.5, 0.6) is 0 Å². The van der Waals surface area contributed by atoms with Crippen molar-refractivity contribution in [3.05, 3.63) is 22.7 Å². The molecule has 16 heavy (non-hydrogen) atoms. The van der Waals surface area contributed by atoms with Crippen molar-refractivity contribution in [1.29, 1.82) is 0 Å². The van der Waals surface area contributed by atoms with Crippen LogP contribution in [0, 0.1) is 5.41 Å². The topological polar surface area (TPSA) is 46.9 Å². The zero-order valence-corrected chi connectivity index (χ0v) is 10.2. The van der Waals surface area contributed by atoms with Gasteiger partial charge < -0.3 is 9.88 Å². The van der Waals surface area contributed by atoms with Gasteiger partial charge in [-0.15, -0.1) is 0 Å². The van der Waals surface area contributed by atoms with Gasteiger partial charge in [0.2, 0.25) is 0 Å². The van der Waals surface area contributed by atoms with E-state index in [2.05, 4.69) is 31.1 Å². The van der Waals surface area contributed by atoms with E-state index < -0.39 is 0 Å². The van der Waals surface area contributed by atoms with E-state index in [-0.39, 0.29) is 5.56 Å².